The minimum atomic E-state index is -0.0133. The van der Waals surface area contributed by atoms with E-state index in [1.807, 2.05) is 30.3 Å². The normalized spacial score (nSPS) is 19.4. The number of rotatable bonds is 6. The van der Waals surface area contributed by atoms with Gasteiger partial charge in [0, 0.05) is 6.54 Å². The van der Waals surface area contributed by atoms with E-state index in [0.717, 1.165) is 44.0 Å². The van der Waals surface area contributed by atoms with Gasteiger partial charge in [-0.05, 0) is 50.3 Å². The van der Waals surface area contributed by atoms with Crippen molar-refractivity contribution in [2.24, 2.45) is 5.92 Å². The maximum atomic E-state index is 12.3. The average molecular weight is 311 g/mol. The van der Waals surface area contributed by atoms with Gasteiger partial charge in [0.1, 0.15) is 0 Å². The fourth-order valence-electron chi connectivity index (χ4n) is 2.95. The van der Waals surface area contributed by atoms with Crippen molar-refractivity contribution in [1.82, 2.24) is 10.6 Å². The van der Waals surface area contributed by atoms with Crippen LogP contribution in [-0.4, -0.2) is 25.5 Å². The SMILES string of the molecule is CCC(C(=O)NCCC1CCCNC1)c1ccccc1.Cl. The third-order valence-corrected chi connectivity index (χ3v) is 4.18. The van der Waals surface area contributed by atoms with Gasteiger partial charge >= 0.3 is 0 Å². The summed E-state index contributed by atoms with van der Waals surface area (Å²) in [5.41, 5.74) is 1.12. The van der Waals surface area contributed by atoms with E-state index in [0.29, 0.717) is 0 Å². The van der Waals surface area contributed by atoms with E-state index in [1.165, 1.54) is 12.8 Å². The van der Waals surface area contributed by atoms with Crippen LogP contribution in [0.4, 0.5) is 0 Å². The number of amides is 1. The molecule has 0 radical (unpaired) electrons. The van der Waals surface area contributed by atoms with Crippen molar-refractivity contribution in [1.29, 1.82) is 0 Å². The van der Waals surface area contributed by atoms with Crippen molar-refractivity contribution in [3.63, 3.8) is 0 Å². The minimum absolute atomic E-state index is 0. The molecule has 21 heavy (non-hydrogen) atoms. The molecule has 3 nitrogen and oxygen atoms in total. The Bertz CT molecular complexity index is 405. The zero-order valence-corrected chi connectivity index (χ0v) is 13.6. The Morgan fingerprint density at radius 2 is 2.14 bits per heavy atom. The highest BCUT2D eigenvalue weighted by atomic mass is 35.5. The molecular formula is C17H27ClN2O. The van der Waals surface area contributed by atoms with Gasteiger partial charge in [0.2, 0.25) is 5.91 Å². The van der Waals surface area contributed by atoms with Crippen molar-refractivity contribution >= 4 is 18.3 Å². The number of nitrogens with one attached hydrogen (secondary N) is 2. The molecule has 0 saturated carbocycles. The molecule has 2 unspecified atom stereocenters. The number of hydrogen-bond donors (Lipinski definition) is 2. The largest absolute Gasteiger partial charge is 0.356 e. The second-order valence-electron chi connectivity index (χ2n) is 5.66. The monoisotopic (exact) mass is 310 g/mol. The lowest BCUT2D eigenvalue weighted by atomic mass is 9.94. The van der Waals surface area contributed by atoms with Crippen LogP contribution in [0.5, 0.6) is 0 Å². The summed E-state index contributed by atoms with van der Waals surface area (Å²) in [4.78, 5) is 12.3. The van der Waals surface area contributed by atoms with Crippen LogP contribution >= 0.6 is 12.4 Å². The number of carbonyl (C=O) groups is 1. The van der Waals surface area contributed by atoms with Crippen LogP contribution in [0.3, 0.4) is 0 Å². The molecule has 2 atom stereocenters. The molecule has 0 aliphatic carbocycles. The van der Waals surface area contributed by atoms with Gasteiger partial charge in [0.05, 0.1) is 5.92 Å². The highest BCUT2D eigenvalue weighted by Crippen LogP contribution is 2.19. The van der Waals surface area contributed by atoms with E-state index < -0.39 is 0 Å². The number of halogens is 1. The maximum Gasteiger partial charge on any atom is 0.227 e. The Hall–Kier alpha value is -1.06. The van der Waals surface area contributed by atoms with Gasteiger partial charge in [0.25, 0.3) is 0 Å². The fraction of sp³-hybridized carbons (Fsp3) is 0.588. The quantitative estimate of drug-likeness (QED) is 0.847. The van der Waals surface area contributed by atoms with E-state index in [2.05, 4.69) is 17.6 Å². The molecule has 1 aromatic rings. The fourth-order valence-corrected chi connectivity index (χ4v) is 2.95. The molecule has 2 N–H and O–H groups in total. The Balaban J connectivity index is 0.00000220. The summed E-state index contributed by atoms with van der Waals surface area (Å²) >= 11 is 0. The molecule has 4 heteroatoms. The molecule has 118 valence electrons. The third-order valence-electron chi connectivity index (χ3n) is 4.18. The molecule has 0 spiro atoms. The molecule has 0 bridgehead atoms. The molecular weight excluding hydrogens is 284 g/mol. The molecule has 1 aliphatic rings. The van der Waals surface area contributed by atoms with Crippen LogP contribution in [0.2, 0.25) is 0 Å². The van der Waals surface area contributed by atoms with E-state index in [9.17, 15) is 4.79 Å². The van der Waals surface area contributed by atoms with E-state index >= 15 is 0 Å². The van der Waals surface area contributed by atoms with Crippen LogP contribution in [0.25, 0.3) is 0 Å². The predicted octanol–water partition coefficient (Wildman–Crippen LogP) is 3.11. The second kappa shape index (κ2) is 9.80. The molecule has 1 heterocycles. The smallest absolute Gasteiger partial charge is 0.227 e. The standard InChI is InChI=1S/C17H26N2O.ClH/c1-2-16(15-8-4-3-5-9-15)17(20)19-12-10-14-7-6-11-18-13-14;/h3-5,8-9,14,16,18H,2,6-7,10-13H2,1H3,(H,19,20);1H. The predicted molar refractivity (Wildman–Crippen MR) is 89.9 cm³/mol. The van der Waals surface area contributed by atoms with E-state index in [4.69, 9.17) is 0 Å². The van der Waals surface area contributed by atoms with Crippen molar-refractivity contribution < 1.29 is 4.79 Å². The number of carbonyl (C=O) groups excluding carboxylic acids is 1. The first-order valence-corrected chi connectivity index (χ1v) is 7.84. The molecule has 2 rings (SSSR count). The summed E-state index contributed by atoms with van der Waals surface area (Å²) in [5, 5.41) is 6.53. The van der Waals surface area contributed by atoms with Gasteiger partial charge in [-0.15, -0.1) is 12.4 Å². The molecule has 1 aromatic carbocycles. The zero-order chi connectivity index (χ0) is 14.2. The lowest BCUT2D eigenvalue weighted by Gasteiger charge is -2.23. The zero-order valence-electron chi connectivity index (χ0n) is 12.8. The maximum absolute atomic E-state index is 12.3. The number of benzene rings is 1. The Morgan fingerprint density at radius 3 is 2.76 bits per heavy atom. The highest BCUT2D eigenvalue weighted by Gasteiger charge is 2.18. The lowest BCUT2D eigenvalue weighted by Crippen LogP contribution is -2.34. The Morgan fingerprint density at radius 1 is 1.38 bits per heavy atom. The van der Waals surface area contributed by atoms with Gasteiger partial charge < -0.3 is 10.6 Å². The van der Waals surface area contributed by atoms with Crippen LogP contribution in [-0.2, 0) is 4.79 Å². The summed E-state index contributed by atoms with van der Waals surface area (Å²) in [6.45, 7) is 5.12. The topological polar surface area (TPSA) is 41.1 Å². The first-order valence-electron chi connectivity index (χ1n) is 7.84. The molecule has 1 aliphatic heterocycles. The van der Waals surface area contributed by atoms with Crippen LogP contribution in [0, 0.1) is 5.92 Å². The minimum Gasteiger partial charge on any atom is -0.356 e. The summed E-state index contributed by atoms with van der Waals surface area (Å²) in [6.07, 6.45) is 4.49. The van der Waals surface area contributed by atoms with Crippen molar-refractivity contribution in [3.8, 4) is 0 Å². The first-order chi connectivity index (χ1) is 9.81. The van der Waals surface area contributed by atoms with Crippen LogP contribution < -0.4 is 10.6 Å². The molecule has 1 saturated heterocycles. The second-order valence-corrected chi connectivity index (χ2v) is 5.66. The summed E-state index contributed by atoms with van der Waals surface area (Å²) in [5.74, 6) is 0.879. The lowest BCUT2D eigenvalue weighted by molar-refractivity contribution is -0.122. The van der Waals surface area contributed by atoms with E-state index in [1.54, 1.807) is 0 Å². The van der Waals surface area contributed by atoms with E-state index in [-0.39, 0.29) is 24.2 Å². The third kappa shape index (κ3) is 5.68. The number of hydrogen-bond acceptors (Lipinski definition) is 2. The molecule has 0 aromatic heterocycles. The Labute approximate surface area is 134 Å². The molecule has 1 amide bonds. The van der Waals surface area contributed by atoms with Gasteiger partial charge in [-0.3, -0.25) is 4.79 Å². The van der Waals surface area contributed by atoms with Gasteiger partial charge in [0.15, 0.2) is 0 Å². The summed E-state index contributed by atoms with van der Waals surface area (Å²) in [7, 11) is 0. The van der Waals surface area contributed by atoms with Gasteiger partial charge in [-0.1, -0.05) is 37.3 Å². The van der Waals surface area contributed by atoms with Crippen molar-refractivity contribution in [2.75, 3.05) is 19.6 Å². The van der Waals surface area contributed by atoms with Crippen molar-refractivity contribution in [2.45, 2.75) is 38.5 Å². The van der Waals surface area contributed by atoms with Crippen LogP contribution in [0.15, 0.2) is 30.3 Å². The molecule has 1 fully saturated rings. The first kappa shape index (κ1) is 18.0. The summed E-state index contributed by atoms with van der Waals surface area (Å²) in [6, 6.07) is 10.1. The summed E-state index contributed by atoms with van der Waals surface area (Å²) < 4.78 is 0. The number of piperidine rings is 1. The van der Waals surface area contributed by atoms with Gasteiger partial charge in [-0.2, -0.15) is 0 Å². The Kier molecular flexibility index (Phi) is 8.40. The average Bonchev–Trinajstić information content (AvgIpc) is 2.50. The van der Waals surface area contributed by atoms with Gasteiger partial charge in [-0.25, -0.2) is 0 Å². The van der Waals surface area contributed by atoms with Crippen LogP contribution in [0.1, 0.15) is 44.1 Å². The van der Waals surface area contributed by atoms with Crippen molar-refractivity contribution in [3.05, 3.63) is 35.9 Å². The highest BCUT2D eigenvalue weighted by molar-refractivity contribution is 5.85.